The van der Waals surface area contributed by atoms with Gasteiger partial charge in [0.1, 0.15) is 11.2 Å². The van der Waals surface area contributed by atoms with Crippen molar-refractivity contribution in [3.05, 3.63) is 68.7 Å². The second-order valence-corrected chi connectivity index (χ2v) is 8.22. The Kier molecular flexibility index (Phi) is 5.19. The lowest BCUT2D eigenvalue weighted by molar-refractivity contribution is 0.285. The van der Waals surface area contributed by atoms with Crippen LogP contribution in [0.4, 0.5) is 5.82 Å². The van der Waals surface area contributed by atoms with Crippen molar-refractivity contribution < 1.29 is 5.11 Å². The van der Waals surface area contributed by atoms with E-state index < -0.39 is 0 Å². The van der Waals surface area contributed by atoms with Crippen LogP contribution in [0.25, 0.3) is 10.2 Å². The fourth-order valence-corrected chi connectivity index (χ4v) is 4.60. The topological polar surface area (TPSA) is 83.3 Å². The molecule has 4 heterocycles. The lowest BCUT2D eigenvalue weighted by Crippen LogP contribution is -1.94. The predicted molar refractivity (Wildman–Crippen MR) is 111 cm³/mol. The normalized spacial score (nSPS) is 11.5. The van der Waals surface area contributed by atoms with Crippen LogP contribution in [-0.2, 0) is 13.0 Å². The Morgan fingerprint density at radius 3 is 2.85 bits per heavy atom. The first-order valence-electron chi connectivity index (χ1n) is 8.35. The van der Waals surface area contributed by atoms with E-state index in [4.69, 9.17) is 0 Å². The second-order valence-electron chi connectivity index (χ2n) is 5.94. The van der Waals surface area contributed by atoms with Crippen LogP contribution in [0.2, 0.25) is 0 Å². The molecule has 0 fully saturated rings. The molecule has 136 valence electrons. The molecule has 0 spiro atoms. The molecule has 8 heteroatoms. The molecule has 6 nitrogen and oxygen atoms in total. The van der Waals surface area contributed by atoms with E-state index in [-0.39, 0.29) is 6.61 Å². The predicted octanol–water partition coefficient (Wildman–Crippen LogP) is 3.99. The Morgan fingerprint density at radius 1 is 1.15 bits per heavy atom. The monoisotopic (exact) mass is 395 g/mol. The number of pyridine rings is 1. The van der Waals surface area contributed by atoms with Crippen LogP contribution < -0.4 is 5.43 Å². The second kappa shape index (κ2) is 7.91. The van der Waals surface area contributed by atoms with Crippen molar-refractivity contribution in [2.45, 2.75) is 20.0 Å². The summed E-state index contributed by atoms with van der Waals surface area (Å²) < 4.78 is 0. The summed E-state index contributed by atoms with van der Waals surface area (Å²) in [7, 11) is 0. The highest BCUT2D eigenvalue weighted by atomic mass is 32.1. The summed E-state index contributed by atoms with van der Waals surface area (Å²) in [6.07, 6.45) is 5.87. The number of hydrogen-bond donors (Lipinski definition) is 2. The van der Waals surface area contributed by atoms with Crippen LogP contribution >= 0.6 is 22.7 Å². The zero-order valence-corrected chi connectivity index (χ0v) is 16.2. The molecule has 0 aliphatic heterocycles. The summed E-state index contributed by atoms with van der Waals surface area (Å²) in [5, 5.41) is 14.5. The highest BCUT2D eigenvalue weighted by Gasteiger charge is 2.09. The number of rotatable bonds is 6. The molecule has 0 aromatic carbocycles. The fourth-order valence-electron chi connectivity index (χ4n) is 2.68. The van der Waals surface area contributed by atoms with Crippen molar-refractivity contribution >= 4 is 44.9 Å². The first kappa shape index (κ1) is 17.7. The number of anilines is 1. The van der Waals surface area contributed by atoms with Crippen LogP contribution in [-0.4, -0.2) is 26.3 Å². The third kappa shape index (κ3) is 4.02. The van der Waals surface area contributed by atoms with E-state index in [0.717, 1.165) is 37.6 Å². The van der Waals surface area contributed by atoms with E-state index in [0.29, 0.717) is 5.82 Å². The molecule has 27 heavy (non-hydrogen) atoms. The van der Waals surface area contributed by atoms with Gasteiger partial charge in [0, 0.05) is 28.1 Å². The minimum Gasteiger partial charge on any atom is -0.391 e. The summed E-state index contributed by atoms with van der Waals surface area (Å²) >= 11 is 3.16. The van der Waals surface area contributed by atoms with Crippen LogP contribution in [0, 0.1) is 6.92 Å². The number of fused-ring (bicyclic) bond motifs is 1. The van der Waals surface area contributed by atoms with E-state index in [9.17, 15) is 5.11 Å². The third-order valence-electron chi connectivity index (χ3n) is 3.98. The maximum Gasteiger partial charge on any atom is 0.158 e. The molecule has 2 N–H and O–H groups in total. The Labute approximate surface area is 164 Å². The van der Waals surface area contributed by atoms with Gasteiger partial charge in [0.25, 0.3) is 0 Å². The summed E-state index contributed by atoms with van der Waals surface area (Å²) in [5.74, 6) is 0.677. The fraction of sp³-hybridized carbons (Fsp3) is 0.158. The lowest BCUT2D eigenvalue weighted by atomic mass is 10.2. The van der Waals surface area contributed by atoms with E-state index in [1.54, 1.807) is 30.1 Å². The van der Waals surface area contributed by atoms with Gasteiger partial charge in [0.15, 0.2) is 5.82 Å². The van der Waals surface area contributed by atoms with Gasteiger partial charge in [-0.2, -0.15) is 5.10 Å². The highest BCUT2D eigenvalue weighted by Crippen LogP contribution is 2.29. The molecule has 4 rings (SSSR count). The minimum absolute atomic E-state index is 0.0489. The first-order chi connectivity index (χ1) is 13.2. The first-order valence-corrected chi connectivity index (χ1v) is 9.99. The summed E-state index contributed by atoms with van der Waals surface area (Å²) in [4.78, 5) is 17.1. The Hall–Kier alpha value is -2.68. The largest absolute Gasteiger partial charge is 0.391 e. The Bertz CT molecular complexity index is 1090. The zero-order valence-electron chi connectivity index (χ0n) is 14.6. The summed E-state index contributed by atoms with van der Waals surface area (Å²) in [6, 6.07) is 9.98. The van der Waals surface area contributed by atoms with Crippen molar-refractivity contribution in [3.63, 3.8) is 0 Å². The summed E-state index contributed by atoms with van der Waals surface area (Å²) in [6.45, 7) is 2.05. The molecule has 0 unspecified atom stereocenters. The highest BCUT2D eigenvalue weighted by molar-refractivity contribution is 7.18. The summed E-state index contributed by atoms with van der Waals surface area (Å²) in [5.41, 5.74) is 5.14. The lowest BCUT2D eigenvalue weighted by Gasteiger charge is -1.99. The van der Waals surface area contributed by atoms with Crippen molar-refractivity contribution in [3.8, 4) is 0 Å². The van der Waals surface area contributed by atoms with Gasteiger partial charge in [0.2, 0.25) is 0 Å². The van der Waals surface area contributed by atoms with Crippen LogP contribution in [0.1, 0.15) is 25.9 Å². The van der Waals surface area contributed by atoms with Crippen molar-refractivity contribution in [2.24, 2.45) is 5.10 Å². The number of aromatic nitrogens is 3. The van der Waals surface area contributed by atoms with Gasteiger partial charge in [0.05, 0.1) is 23.1 Å². The molecule has 0 atom stereocenters. The molecule has 4 aromatic rings. The number of aryl methyl sites for hydroxylation is 1. The molecular formula is C19H17N5OS2. The number of hydrogen-bond acceptors (Lipinski definition) is 8. The maximum atomic E-state index is 9.24. The standard InChI is InChI=1S/C19H17N5OS2/c1-12-6-15(10-25)26-17(12)9-23-24-18-16-8-14(27-19(16)22-11-21-18)7-13-4-2-3-5-20-13/h2-6,8-9,11,25H,7,10H2,1H3,(H,21,22,24)/b23-9+. The molecule has 0 aliphatic carbocycles. The quantitative estimate of drug-likeness (QED) is 0.381. The van der Waals surface area contributed by atoms with Gasteiger partial charge in [-0.25, -0.2) is 9.97 Å². The Balaban J connectivity index is 1.55. The van der Waals surface area contributed by atoms with Gasteiger partial charge < -0.3 is 5.11 Å². The number of hydrazone groups is 1. The zero-order chi connectivity index (χ0) is 18.6. The van der Waals surface area contributed by atoms with Gasteiger partial charge in [-0.15, -0.1) is 22.7 Å². The minimum atomic E-state index is 0.0489. The number of nitrogens with one attached hydrogen (secondary N) is 1. The van der Waals surface area contributed by atoms with Gasteiger partial charge in [-0.05, 0) is 36.8 Å². The Morgan fingerprint density at radius 2 is 2.07 bits per heavy atom. The number of aliphatic hydroxyl groups excluding tert-OH is 1. The smallest absolute Gasteiger partial charge is 0.158 e. The van der Waals surface area contributed by atoms with Crippen molar-refractivity contribution in [1.29, 1.82) is 0 Å². The molecule has 0 radical (unpaired) electrons. The number of aliphatic hydroxyl groups is 1. The van der Waals surface area contributed by atoms with E-state index in [1.807, 2.05) is 31.2 Å². The number of thiophene rings is 2. The molecule has 0 saturated heterocycles. The van der Waals surface area contributed by atoms with Crippen LogP contribution in [0.3, 0.4) is 0 Å². The molecule has 0 aliphatic rings. The molecule has 0 amide bonds. The van der Waals surface area contributed by atoms with E-state index >= 15 is 0 Å². The molecule has 4 aromatic heterocycles. The third-order valence-corrected chi connectivity index (χ3v) is 6.18. The van der Waals surface area contributed by atoms with Crippen molar-refractivity contribution in [1.82, 2.24) is 15.0 Å². The van der Waals surface area contributed by atoms with Crippen molar-refractivity contribution in [2.75, 3.05) is 5.43 Å². The molecule has 0 bridgehead atoms. The molecule has 0 saturated carbocycles. The number of nitrogens with zero attached hydrogens (tertiary/aromatic N) is 4. The van der Waals surface area contributed by atoms with Gasteiger partial charge in [-0.1, -0.05) is 6.07 Å². The van der Waals surface area contributed by atoms with Crippen LogP contribution in [0.5, 0.6) is 0 Å². The SMILES string of the molecule is Cc1cc(CO)sc1/C=N/Nc1ncnc2sc(Cc3ccccn3)cc12. The van der Waals surface area contributed by atoms with Gasteiger partial charge in [-0.3, -0.25) is 10.4 Å². The molecular weight excluding hydrogens is 378 g/mol. The average Bonchev–Trinajstić information content (AvgIpc) is 3.26. The maximum absolute atomic E-state index is 9.24. The van der Waals surface area contributed by atoms with E-state index in [1.165, 1.54) is 16.2 Å². The van der Waals surface area contributed by atoms with Gasteiger partial charge >= 0.3 is 0 Å². The van der Waals surface area contributed by atoms with Crippen LogP contribution in [0.15, 0.2) is 48.0 Å². The average molecular weight is 396 g/mol. The van der Waals surface area contributed by atoms with E-state index in [2.05, 4.69) is 31.5 Å².